The second-order valence-electron chi connectivity index (χ2n) is 5.99. The van der Waals surface area contributed by atoms with E-state index in [9.17, 15) is 0 Å². The molecule has 1 aromatic carbocycles. The molecule has 2 aromatic heterocycles. The number of benzene rings is 1. The molecule has 2 heterocycles. The lowest BCUT2D eigenvalue weighted by Gasteiger charge is -2.17. The molecule has 0 spiro atoms. The Morgan fingerprint density at radius 1 is 0.950 bits per heavy atom. The molecule has 0 saturated carbocycles. The smallest absolute Gasteiger partial charge is 0.112 e. The van der Waals surface area contributed by atoms with Gasteiger partial charge < -0.3 is 0 Å². The molecule has 0 fully saturated rings. The Kier molecular flexibility index (Phi) is 3.19. The molecular weight excluding hydrogens is 284 g/mol. The Morgan fingerprint density at radius 3 is 2.30 bits per heavy atom. The number of nitrogens with zero attached hydrogens (tertiary/aromatic N) is 2. The van der Waals surface area contributed by atoms with Gasteiger partial charge in [0, 0.05) is 10.9 Å². The molecule has 0 aliphatic heterocycles. The van der Waals surface area contributed by atoms with Gasteiger partial charge in [0.1, 0.15) is 13.8 Å². The molecule has 3 rings (SSSR count). The topological polar surface area (TPSA) is 17.3 Å². The van der Waals surface area contributed by atoms with Crippen LogP contribution >= 0.6 is 11.6 Å². The summed E-state index contributed by atoms with van der Waals surface area (Å²) in [4.78, 5) is 0. The number of halogens is 1. The summed E-state index contributed by atoms with van der Waals surface area (Å²) in [6, 6.07) is 16.4. The molecule has 0 aliphatic rings. The number of pyridine rings is 1. The van der Waals surface area contributed by atoms with Gasteiger partial charge in [0.2, 0.25) is 0 Å². The second kappa shape index (κ2) is 4.76. The Bertz CT molecular complexity index is 757. The summed E-state index contributed by atoms with van der Waals surface area (Å²) in [6.45, 7) is 6.96. The molecule has 2 nitrogen and oxygen atoms in total. The zero-order valence-corrected chi connectivity index (χ0v) is 13.6. The van der Waals surface area contributed by atoms with Gasteiger partial charge in [-0.15, -0.1) is 0 Å². The second-order valence-corrected chi connectivity index (χ2v) is 11.4. The van der Waals surface area contributed by atoms with Crippen molar-refractivity contribution in [3.63, 3.8) is 0 Å². The van der Waals surface area contributed by atoms with Crippen LogP contribution in [0.3, 0.4) is 0 Å². The fourth-order valence-electron chi connectivity index (χ4n) is 2.39. The van der Waals surface area contributed by atoms with Crippen LogP contribution in [0.25, 0.3) is 16.8 Å². The van der Waals surface area contributed by atoms with E-state index in [1.165, 1.54) is 5.32 Å². The van der Waals surface area contributed by atoms with Crippen LogP contribution in [0.5, 0.6) is 0 Å². The van der Waals surface area contributed by atoms with Gasteiger partial charge in [-0.2, -0.15) is 5.10 Å². The summed E-state index contributed by atoms with van der Waals surface area (Å²) < 4.78 is 2.02. The number of aromatic nitrogens is 2. The average molecular weight is 301 g/mol. The van der Waals surface area contributed by atoms with Crippen LogP contribution < -0.4 is 5.32 Å². The van der Waals surface area contributed by atoms with Crippen molar-refractivity contribution in [3.05, 3.63) is 53.6 Å². The summed E-state index contributed by atoms with van der Waals surface area (Å²) in [5.41, 5.74) is 2.91. The van der Waals surface area contributed by atoms with Gasteiger partial charge in [-0.3, -0.25) is 0 Å². The van der Waals surface area contributed by atoms with Gasteiger partial charge in [0.05, 0.1) is 10.5 Å². The molecule has 0 unspecified atom stereocenters. The van der Waals surface area contributed by atoms with Crippen LogP contribution in [0.4, 0.5) is 0 Å². The zero-order valence-electron chi connectivity index (χ0n) is 11.9. The summed E-state index contributed by atoms with van der Waals surface area (Å²) in [5.74, 6) is 0. The third-order valence-electron chi connectivity index (χ3n) is 3.41. The Hall–Kier alpha value is -1.58. The van der Waals surface area contributed by atoms with Gasteiger partial charge in [0.15, 0.2) is 0 Å². The van der Waals surface area contributed by atoms with E-state index in [1.807, 2.05) is 40.9 Å². The maximum atomic E-state index is 6.55. The number of rotatable bonds is 2. The highest BCUT2D eigenvalue weighted by Gasteiger charge is 2.22. The van der Waals surface area contributed by atoms with Crippen LogP contribution in [0.15, 0.2) is 48.5 Å². The van der Waals surface area contributed by atoms with Gasteiger partial charge >= 0.3 is 0 Å². The van der Waals surface area contributed by atoms with Crippen molar-refractivity contribution in [3.8, 4) is 11.3 Å². The molecule has 0 aliphatic carbocycles. The van der Waals surface area contributed by atoms with Crippen LogP contribution in [-0.4, -0.2) is 17.7 Å². The van der Waals surface area contributed by atoms with Crippen molar-refractivity contribution in [2.75, 3.05) is 0 Å². The third-order valence-corrected chi connectivity index (χ3v) is 5.70. The summed E-state index contributed by atoms with van der Waals surface area (Å²) in [5, 5.41) is 6.79. The van der Waals surface area contributed by atoms with Crippen LogP contribution in [0.1, 0.15) is 0 Å². The minimum atomic E-state index is -1.47. The molecule has 102 valence electrons. The maximum absolute atomic E-state index is 6.55. The van der Waals surface area contributed by atoms with Crippen molar-refractivity contribution in [2.45, 2.75) is 19.6 Å². The SMILES string of the molecule is C[Si](C)(C)c1cccc2c(Cl)c(-c3ccccc3)nn12. The zero-order chi connectivity index (χ0) is 14.3. The van der Waals surface area contributed by atoms with Crippen LogP contribution in [0.2, 0.25) is 24.7 Å². The maximum Gasteiger partial charge on any atom is 0.112 e. The van der Waals surface area contributed by atoms with E-state index in [0.29, 0.717) is 0 Å². The average Bonchev–Trinajstić information content (AvgIpc) is 2.76. The molecule has 0 amide bonds. The number of fused-ring (bicyclic) bond motifs is 1. The highest BCUT2D eigenvalue weighted by Crippen LogP contribution is 2.30. The van der Waals surface area contributed by atoms with E-state index in [4.69, 9.17) is 16.7 Å². The first-order chi connectivity index (χ1) is 9.48. The number of hydrogen-bond donors (Lipinski definition) is 0. The van der Waals surface area contributed by atoms with Crippen molar-refractivity contribution in [1.82, 2.24) is 9.61 Å². The Morgan fingerprint density at radius 2 is 1.65 bits per heavy atom. The number of hydrogen-bond acceptors (Lipinski definition) is 1. The van der Waals surface area contributed by atoms with Gasteiger partial charge in [-0.25, -0.2) is 4.52 Å². The predicted molar refractivity (Wildman–Crippen MR) is 88.6 cm³/mol. The van der Waals surface area contributed by atoms with Crippen molar-refractivity contribution >= 4 is 30.5 Å². The summed E-state index contributed by atoms with van der Waals surface area (Å²) >= 11 is 6.55. The van der Waals surface area contributed by atoms with E-state index < -0.39 is 8.07 Å². The largest absolute Gasteiger partial charge is 0.240 e. The van der Waals surface area contributed by atoms with E-state index in [1.54, 1.807) is 0 Å². The third kappa shape index (κ3) is 2.17. The molecule has 3 aromatic rings. The minimum absolute atomic E-state index is 0.733. The highest BCUT2D eigenvalue weighted by molar-refractivity contribution is 6.88. The Balaban J connectivity index is 2.31. The molecular formula is C16H17ClN2Si. The Labute approximate surface area is 125 Å². The molecule has 20 heavy (non-hydrogen) atoms. The fraction of sp³-hybridized carbons (Fsp3) is 0.188. The normalized spacial score (nSPS) is 12.0. The van der Waals surface area contributed by atoms with Crippen LogP contribution in [-0.2, 0) is 0 Å². The van der Waals surface area contributed by atoms with Crippen molar-refractivity contribution in [2.24, 2.45) is 0 Å². The van der Waals surface area contributed by atoms with E-state index >= 15 is 0 Å². The van der Waals surface area contributed by atoms with Gasteiger partial charge in [-0.1, -0.05) is 67.6 Å². The first-order valence-corrected chi connectivity index (χ1v) is 10.6. The minimum Gasteiger partial charge on any atom is -0.240 e. The highest BCUT2D eigenvalue weighted by atomic mass is 35.5. The predicted octanol–water partition coefficient (Wildman–Crippen LogP) is 4.20. The monoisotopic (exact) mass is 300 g/mol. The lowest BCUT2D eigenvalue weighted by Crippen LogP contribution is -2.42. The summed E-state index contributed by atoms with van der Waals surface area (Å²) in [7, 11) is -1.47. The molecule has 0 atom stereocenters. The lowest BCUT2D eigenvalue weighted by molar-refractivity contribution is 0.989. The molecule has 0 bridgehead atoms. The van der Waals surface area contributed by atoms with Gasteiger partial charge in [-0.05, 0) is 12.1 Å². The molecule has 0 N–H and O–H groups in total. The fourth-order valence-corrected chi connectivity index (χ4v) is 4.08. The van der Waals surface area contributed by atoms with E-state index in [0.717, 1.165) is 21.8 Å². The van der Waals surface area contributed by atoms with Crippen molar-refractivity contribution in [1.29, 1.82) is 0 Å². The standard InChI is InChI=1S/C16H17ClN2Si/c1-20(2,3)14-11-7-10-13-15(17)16(18-19(13)14)12-8-5-4-6-9-12/h4-11H,1-3H3. The quantitative estimate of drug-likeness (QED) is 0.648. The molecule has 4 heteroatoms. The van der Waals surface area contributed by atoms with Gasteiger partial charge in [0.25, 0.3) is 0 Å². The molecule has 0 radical (unpaired) electrons. The van der Waals surface area contributed by atoms with E-state index in [-0.39, 0.29) is 0 Å². The lowest BCUT2D eigenvalue weighted by atomic mass is 10.1. The first kappa shape index (κ1) is 13.4. The van der Waals surface area contributed by atoms with Crippen LogP contribution in [0, 0.1) is 0 Å². The first-order valence-electron chi connectivity index (χ1n) is 6.71. The molecule has 0 saturated heterocycles. The van der Waals surface area contributed by atoms with E-state index in [2.05, 4.69) is 31.8 Å². The van der Waals surface area contributed by atoms with Crippen molar-refractivity contribution < 1.29 is 0 Å². The summed E-state index contributed by atoms with van der Waals surface area (Å²) in [6.07, 6.45) is 0.